The van der Waals surface area contributed by atoms with E-state index in [1.165, 1.54) is 19.2 Å². The highest BCUT2D eigenvalue weighted by atomic mass is 32.2. The lowest BCUT2D eigenvalue weighted by molar-refractivity contribution is 0.382. The van der Waals surface area contributed by atoms with Crippen molar-refractivity contribution in [2.45, 2.75) is 4.90 Å². The molecule has 0 atom stereocenters. The number of nitrogens with one attached hydrogen (secondary N) is 1. The van der Waals surface area contributed by atoms with Crippen molar-refractivity contribution in [1.82, 2.24) is 9.97 Å². The number of aromatic nitrogens is 2. The molecule has 2 aromatic carbocycles. The van der Waals surface area contributed by atoms with Crippen LogP contribution in [0, 0.1) is 0 Å². The van der Waals surface area contributed by atoms with Gasteiger partial charge in [-0.3, -0.25) is 0 Å². The summed E-state index contributed by atoms with van der Waals surface area (Å²) in [6.45, 7) is 0. The molecule has 0 aliphatic rings. The zero-order valence-corrected chi connectivity index (χ0v) is 13.0. The zero-order chi connectivity index (χ0) is 16.4. The van der Waals surface area contributed by atoms with Crippen molar-refractivity contribution in [2.24, 2.45) is 5.14 Å². The number of fused-ring (bicyclic) bond motifs is 1. The minimum absolute atomic E-state index is 0.0492. The quantitative estimate of drug-likeness (QED) is 0.758. The number of hydrogen-bond donors (Lipinski definition) is 2. The predicted octanol–water partition coefficient (Wildman–Crippen LogP) is 2.03. The molecule has 0 saturated heterocycles. The van der Waals surface area contributed by atoms with Crippen LogP contribution >= 0.6 is 0 Å². The molecule has 7 nitrogen and oxygen atoms in total. The standard InChI is InChI=1S/C15H14N4O3S/c1-22-15-18-13-5-3-2-4-12(13)14(19-15)17-10-6-8-11(9-7-10)23(16,20)21/h2-9H,1H3,(H2,16,20,21)(H,17,18,19). The summed E-state index contributed by atoms with van der Waals surface area (Å²) in [4.78, 5) is 8.62. The average molecular weight is 330 g/mol. The van der Waals surface area contributed by atoms with Gasteiger partial charge in [0.1, 0.15) is 5.82 Å². The number of hydrogen-bond acceptors (Lipinski definition) is 6. The molecule has 0 fully saturated rings. The normalized spacial score (nSPS) is 11.4. The monoisotopic (exact) mass is 330 g/mol. The van der Waals surface area contributed by atoms with Crippen molar-refractivity contribution >= 4 is 32.4 Å². The Bertz CT molecular complexity index is 956. The van der Waals surface area contributed by atoms with E-state index in [1.54, 1.807) is 12.1 Å². The number of primary sulfonamides is 1. The van der Waals surface area contributed by atoms with Crippen molar-refractivity contribution in [2.75, 3.05) is 12.4 Å². The molecule has 0 radical (unpaired) electrons. The first-order valence-electron chi connectivity index (χ1n) is 6.68. The summed E-state index contributed by atoms with van der Waals surface area (Å²) >= 11 is 0. The molecule has 0 aliphatic carbocycles. The van der Waals surface area contributed by atoms with Crippen molar-refractivity contribution in [3.8, 4) is 6.01 Å². The zero-order valence-electron chi connectivity index (χ0n) is 12.2. The van der Waals surface area contributed by atoms with Crippen LogP contribution < -0.4 is 15.2 Å². The Morgan fingerprint density at radius 1 is 1.04 bits per heavy atom. The Balaban J connectivity index is 2.01. The van der Waals surface area contributed by atoms with Crippen LogP contribution in [0.5, 0.6) is 6.01 Å². The van der Waals surface area contributed by atoms with Gasteiger partial charge in [-0.2, -0.15) is 9.97 Å². The fraction of sp³-hybridized carbons (Fsp3) is 0.0667. The van der Waals surface area contributed by atoms with Crippen LogP contribution in [0.2, 0.25) is 0 Å². The SMILES string of the molecule is COc1nc(Nc2ccc(S(N)(=O)=O)cc2)c2ccccc2n1. The lowest BCUT2D eigenvalue weighted by Gasteiger charge is -2.10. The van der Waals surface area contributed by atoms with Crippen LogP contribution in [0.3, 0.4) is 0 Å². The third-order valence-electron chi connectivity index (χ3n) is 3.21. The van der Waals surface area contributed by atoms with Gasteiger partial charge in [0.2, 0.25) is 10.0 Å². The summed E-state index contributed by atoms with van der Waals surface area (Å²) in [6.07, 6.45) is 0. The summed E-state index contributed by atoms with van der Waals surface area (Å²) in [6, 6.07) is 13.8. The highest BCUT2D eigenvalue weighted by Crippen LogP contribution is 2.26. The van der Waals surface area contributed by atoms with E-state index in [4.69, 9.17) is 9.88 Å². The fourth-order valence-corrected chi connectivity index (χ4v) is 2.62. The fourth-order valence-electron chi connectivity index (χ4n) is 2.11. The van der Waals surface area contributed by atoms with Crippen LogP contribution in [0.15, 0.2) is 53.4 Å². The highest BCUT2D eigenvalue weighted by Gasteiger charge is 2.10. The number of para-hydroxylation sites is 1. The second kappa shape index (κ2) is 5.82. The first-order valence-corrected chi connectivity index (χ1v) is 8.22. The lowest BCUT2D eigenvalue weighted by Crippen LogP contribution is -2.11. The summed E-state index contributed by atoms with van der Waals surface area (Å²) in [5.41, 5.74) is 1.41. The number of sulfonamides is 1. The number of ether oxygens (including phenoxy) is 1. The molecule has 8 heteroatoms. The van der Waals surface area contributed by atoms with Gasteiger partial charge >= 0.3 is 6.01 Å². The minimum Gasteiger partial charge on any atom is -0.467 e. The van der Waals surface area contributed by atoms with E-state index in [0.29, 0.717) is 11.5 Å². The van der Waals surface area contributed by atoms with Crippen molar-refractivity contribution in [1.29, 1.82) is 0 Å². The molecule has 0 spiro atoms. The molecular formula is C15H14N4O3S. The Morgan fingerprint density at radius 3 is 2.39 bits per heavy atom. The van der Waals surface area contributed by atoms with Gasteiger partial charge in [0.05, 0.1) is 17.5 Å². The predicted molar refractivity (Wildman–Crippen MR) is 87.2 cm³/mol. The van der Waals surface area contributed by atoms with Gasteiger partial charge in [0.15, 0.2) is 0 Å². The third kappa shape index (κ3) is 3.22. The van der Waals surface area contributed by atoms with E-state index >= 15 is 0 Å². The van der Waals surface area contributed by atoms with Gasteiger partial charge in [0.25, 0.3) is 0 Å². The van der Waals surface area contributed by atoms with E-state index < -0.39 is 10.0 Å². The second-order valence-corrected chi connectivity index (χ2v) is 6.33. The van der Waals surface area contributed by atoms with Crippen LogP contribution in [0.25, 0.3) is 10.9 Å². The van der Waals surface area contributed by atoms with Crippen LogP contribution in [-0.4, -0.2) is 25.5 Å². The summed E-state index contributed by atoms with van der Waals surface area (Å²) in [5.74, 6) is 0.566. The highest BCUT2D eigenvalue weighted by molar-refractivity contribution is 7.89. The van der Waals surface area contributed by atoms with E-state index in [2.05, 4.69) is 15.3 Å². The van der Waals surface area contributed by atoms with Crippen molar-refractivity contribution in [3.63, 3.8) is 0 Å². The number of benzene rings is 2. The molecule has 1 aromatic heterocycles. The number of anilines is 2. The molecule has 0 aliphatic heterocycles. The van der Waals surface area contributed by atoms with Gasteiger partial charge < -0.3 is 10.1 Å². The lowest BCUT2D eigenvalue weighted by atomic mass is 10.2. The van der Waals surface area contributed by atoms with E-state index in [0.717, 1.165) is 10.9 Å². The Labute approximate surface area is 133 Å². The summed E-state index contributed by atoms with van der Waals surface area (Å²) < 4.78 is 27.7. The topological polar surface area (TPSA) is 107 Å². The van der Waals surface area contributed by atoms with Gasteiger partial charge in [-0.1, -0.05) is 12.1 Å². The first-order chi connectivity index (χ1) is 11.0. The van der Waals surface area contributed by atoms with Crippen molar-refractivity contribution < 1.29 is 13.2 Å². The Hall–Kier alpha value is -2.71. The smallest absolute Gasteiger partial charge is 0.318 e. The van der Waals surface area contributed by atoms with Gasteiger partial charge in [-0.15, -0.1) is 0 Å². The minimum atomic E-state index is -3.71. The number of rotatable bonds is 4. The summed E-state index contributed by atoms with van der Waals surface area (Å²) in [7, 11) is -2.22. The molecule has 3 N–H and O–H groups in total. The molecule has 118 valence electrons. The van der Waals surface area contributed by atoms with Crippen LogP contribution in [0.1, 0.15) is 0 Å². The van der Waals surface area contributed by atoms with E-state index in [1.807, 2.05) is 24.3 Å². The molecule has 0 bridgehead atoms. The molecule has 0 unspecified atom stereocenters. The number of nitrogens with zero attached hydrogens (tertiary/aromatic N) is 2. The Morgan fingerprint density at radius 2 is 1.74 bits per heavy atom. The van der Waals surface area contributed by atoms with Gasteiger partial charge in [-0.25, -0.2) is 13.6 Å². The molecular weight excluding hydrogens is 316 g/mol. The van der Waals surface area contributed by atoms with Gasteiger partial charge in [0, 0.05) is 11.1 Å². The first kappa shape index (κ1) is 15.2. The molecule has 0 saturated carbocycles. The molecule has 3 rings (SSSR count). The maximum atomic E-state index is 11.3. The van der Waals surface area contributed by atoms with E-state index in [9.17, 15) is 8.42 Å². The Kier molecular flexibility index (Phi) is 3.85. The van der Waals surface area contributed by atoms with E-state index in [-0.39, 0.29) is 10.9 Å². The van der Waals surface area contributed by atoms with Crippen molar-refractivity contribution in [3.05, 3.63) is 48.5 Å². The maximum Gasteiger partial charge on any atom is 0.318 e. The average Bonchev–Trinajstić information content (AvgIpc) is 2.54. The number of nitrogens with two attached hydrogens (primary N) is 1. The molecule has 1 heterocycles. The molecule has 0 amide bonds. The van der Waals surface area contributed by atoms with Crippen LogP contribution in [-0.2, 0) is 10.0 Å². The molecule has 23 heavy (non-hydrogen) atoms. The third-order valence-corrected chi connectivity index (χ3v) is 4.14. The summed E-state index contributed by atoms with van der Waals surface area (Å²) in [5, 5.41) is 9.04. The number of methoxy groups -OCH3 is 1. The maximum absolute atomic E-state index is 11.3. The molecule has 3 aromatic rings. The van der Waals surface area contributed by atoms with Crippen LogP contribution in [0.4, 0.5) is 11.5 Å². The van der Waals surface area contributed by atoms with Gasteiger partial charge in [-0.05, 0) is 36.4 Å². The second-order valence-electron chi connectivity index (χ2n) is 4.77. The largest absolute Gasteiger partial charge is 0.467 e.